The zero-order chi connectivity index (χ0) is 15.5. The van der Waals surface area contributed by atoms with Gasteiger partial charge in [0.05, 0.1) is 12.8 Å². The van der Waals surface area contributed by atoms with E-state index in [2.05, 4.69) is 75.3 Å². The lowest BCUT2D eigenvalue weighted by Crippen LogP contribution is -2.34. The largest absolute Gasteiger partial charge is 0.467 e. The van der Waals surface area contributed by atoms with Gasteiger partial charge in [-0.2, -0.15) is 0 Å². The molecule has 1 N–H and O–H groups in total. The smallest absolute Gasteiger partial charge is 0.123 e. The number of rotatable bonds is 5. The van der Waals surface area contributed by atoms with E-state index in [1.807, 2.05) is 6.26 Å². The number of nitrogens with one attached hydrogen (secondary N) is 1. The quantitative estimate of drug-likeness (QED) is 0.896. The summed E-state index contributed by atoms with van der Waals surface area (Å²) in [5, 5.41) is 3.47. The molecule has 0 aliphatic carbocycles. The van der Waals surface area contributed by atoms with Crippen molar-refractivity contribution in [2.45, 2.75) is 46.3 Å². The molecule has 114 valence electrons. The molecular weight excluding hydrogens is 260 g/mol. The van der Waals surface area contributed by atoms with Gasteiger partial charge in [-0.3, -0.25) is 0 Å². The summed E-state index contributed by atoms with van der Waals surface area (Å²) in [4.78, 5) is 2.19. The van der Waals surface area contributed by atoms with E-state index in [1.165, 1.54) is 16.8 Å². The van der Waals surface area contributed by atoms with Crippen LogP contribution in [0.3, 0.4) is 0 Å². The second-order valence-corrected chi connectivity index (χ2v) is 6.72. The summed E-state index contributed by atoms with van der Waals surface area (Å²) in [5.74, 6) is 0.990. The van der Waals surface area contributed by atoms with Gasteiger partial charge in [-0.25, -0.2) is 0 Å². The average Bonchev–Trinajstić information content (AvgIpc) is 2.84. The Hall–Kier alpha value is -1.74. The first kappa shape index (κ1) is 15.6. The molecule has 2 rings (SSSR count). The van der Waals surface area contributed by atoms with Crippen molar-refractivity contribution in [1.82, 2.24) is 5.32 Å². The molecule has 0 saturated carbocycles. The van der Waals surface area contributed by atoms with Crippen molar-refractivity contribution < 1.29 is 4.42 Å². The maximum Gasteiger partial charge on any atom is 0.123 e. The molecule has 1 heterocycles. The van der Waals surface area contributed by atoms with E-state index >= 15 is 0 Å². The highest BCUT2D eigenvalue weighted by molar-refractivity contribution is 5.46. The van der Waals surface area contributed by atoms with Crippen LogP contribution < -0.4 is 10.2 Å². The molecule has 0 atom stereocenters. The summed E-state index contributed by atoms with van der Waals surface area (Å²) in [6.45, 7) is 10.2. The molecule has 0 fully saturated rings. The Bertz CT molecular complexity index is 564. The first-order valence-corrected chi connectivity index (χ1v) is 7.42. The third-order valence-electron chi connectivity index (χ3n) is 3.40. The van der Waals surface area contributed by atoms with Crippen molar-refractivity contribution in [2.75, 3.05) is 11.9 Å². The Kier molecular flexibility index (Phi) is 4.73. The van der Waals surface area contributed by atoms with Gasteiger partial charge in [-0.05, 0) is 45.9 Å². The van der Waals surface area contributed by atoms with Gasteiger partial charge in [-0.1, -0.05) is 17.7 Å². The summed E-state index contributed by atoms with van der Waals surface area (Å²) in [6, 6.07) is 10.7. The van der Waals surface area contributed by atoms with E-state index in [0.29, 0.717) is 0 Å². The first-order valence-electron chi connectivity index (χ1n) is 7.42. The molecule has 0 unspecified atom stereocenters. The van der Waals surface area contributed by atoms with Crippen LogP contribution in [0.25, 0.3) is 0 Å². The van der Waals surface area contributed by atoms with E-state index in [1.54, 1.807) is 0 Å². The third-order valence-corrected chi connectivity index (χ3v) is 3.40. The topological polar surface area (TPSA) is 28.4 Å². The predicted octanol–water partition coefficient (Wildman–Crippen LogP) is 4.11. The zero-order valence-corrected chi connectivity index (χ0v) is 13.7. The van der Waals surface area contributed by atoms with Gasteiger partial charge in [0, 0.05) is 30.4 Å². The molecule has 1 aromatic carbocycles. The normalized spacial score (nSPS) is 11.7. The summed E-state index contributed by atoms with van der Waals surface area (Å²) >= 11 is 0. The van der Waals surface area contributed by atoms with Crippen LogP contribution in [0.5, 0.6) is 0 Å². The number of hydrogen-bond donors (Lipinski definition) is 1. The second-order valence-electron chi connectivity index (χ2n) is 6.72. The number of benzene rings is 1. The highest BCUT2D eigenvalue weighted by Gasteiger charge is 2.11. The minimum absolute atomic E-state index is 0.121. The van der Waals surface area contributed by atoms with Crippen molar-refractivity contribution in [3.8, 4) is 0 Å². The van der Waals surface area contributed by atoms with Crippen LogP contribution >= 0.6 is 0 Å². The minimum atomic E-state index is 0.121. The molecule has 0 saturated heterocycles. The molecule has 0 aliphatic heterocycles. The van der Waals surface area contributed by atoms with Gasteiger partial charge in [0.15, 0.2) is 0 Å². The summed E-state index contributed by atoms with van der Waals surface area (Å²) < 4.78 is 5.66. The highest BCUT2D eigenvalue weighted by atomic mass is 16.3. The Morgan fingerprint density at radius 2 is 1.81 bits per heavy atom. The van der Waals surface area contributed by atoms with E-state index in [9.17, 15) is 0 Å². The SMILES string of the molecule is Cc1ccc(N(C)Cc2cc(CNC(C)(C)C)co2)cc1. The minimum Gasteiger partial charge on any atom is -0.467 e. The molecular formula is C18H26N2O. The Balaban J connectivity index is 1.94. The fraction of sp³-hybridized carbons (Fsp3) is 0.444. The first-order chi connectivity index (χ1) is 9.83. The highest BCUT2D eigenvalue weighted by Crippen LogP contribution is 2.18. The standard InChI is InChI=1S/C18H26N2O/c1-14-6-8-16(9-7-14)20(5)12-17-10-15(13-21-17)11-19-18(2,3)4/h6-10,13,19H,11-12H2,1-5H3. The molecule has 0 spiro atoms. The van der Waals surface area contributed by atoms with Crippen molar-refractivity contribution in [1.29, 1.82) is 0 Å². The molecule has 2 aromatic rings. The second kappa shape index (κ2) is 6.35. The lowest BCUT2D eigenvalue weighted by Gasteiger charge is -2.19. The van der Waals surface area contributed by atoms with Crippen LogP contribution in [0.4, 0.5) is 5.69 Å². The van der Waals surface area contributed by atoms with Crippen molar-refractivity contribution in [2.24, 2.45) is 0 Å². The maximum absolute atomic E-state index is 5.66. The van der Waals surface area contributed by atoms with Gasteiger partial charge in [-0.15, -0.1) is 0 Å². The predicted molar refractivity (Wildman–Crippen MR) is 88.6 cm³/mol. The van der Waals surface area contributed by atoms with Crippen molar-refractivity contribution >= 4 is 5.69 Å². The van der Waals surface area contributed by atoms with Crippen LogP contribution in [0.2, 0.25) is 0 Å². The van der Waals surface area contributed by atoms with Gasteiger partial charge in [0.1, 0.15) is 5.76 Å². The van der Waals surface area contributed by atoms with Gasteiger partial charge < -0.3 is 14.6 Å². The van der Waals surface area contributed by atoms with Crippen LogP contribution in [-0.4, -0.2) is 12.6 Å². The summed E-state index contributed by atoms with van der Waals surface area (Å²) in [5.41, 5.74) is 3.79. The molecule has 3 heteroatoms. The van der Waals surface area contributed by atoms with Crippen LogP contribution in [-0.2, 0) is 13.1 Å². The number of anilines is 1. The number of nitrogens with zero attached hydrogens (tertiary/aromatic N) is 1. The van der Waals surface area contributed by atoms with E-state index < -0.39 is 0 Å². The van der Waals surface area contributed by atoms with Crippen LogP contribution in [0.15, 0.2) is 41.0 Å². The van der Waals surface area contributed by atoms with Crippen molar-refractivity contribution in [3.05, 3.63) is 53.5 Å². The number of aryl methyl sites for hydroxylation is 1. The van der Waals surface area contributed by atoms with E-state index in [0.717, 1.165) is 18.8 Å². The Labute approximate surface area is 128 Å². The zero-order valence-electron chi connectivity index (χ0n) is 13.7. The monoisotopic (exact) mass is 286 g/mol. The van der Waals surface area contributed by atoms with E-state index in [-0.39, 0.29) is 5.54 Å². The Morgan fingerprint density at radius 1 is 1.14 bits per heavy atom. The average molecular weight is 286 g/mol. The fourth-order valence-corrected chi connectivity index (χ4v) is 2.09. The lowest BCUT2D eigenvalue weighted by molar-refractivity contribution is 0.422. The van der Waals surface area contributed by atoms with Crippen molar-refractivity contribution in [3.63, 3.8) is 0 Å². The molecule has 21 heavy (non-hydrogen) atoms. The lowest BCUT2D eigenvalue weighted by atomic mass is 10.1. The molecule has 0 radical (unpaired) electrons. The Morgan fingerprint density at radius 3 is 2.43 bits per heavy atom. The maximum atomic E-state index is 5.66. The van der Waals surface area contributed by atoms with Crippen LogP contribution in [0.1, 0.15) is 37.7 Å². The number of furan rings is 1. The molecule has 0 amide bonds. The fourth-order valence-electron chi connectivity index (χ4n) is 2.09. The number of hydrogen-bond acceptors (Lipinski definition) is 3. The van der Waals surface area contributed by atoms with Crippen LogP contribution in [0, 0.1) is 6.92 Å². The van der Waals surface area contributed by atoms with E-state index in [4.69, 9.17) is 4.42 Å². The molecule has 1 aromatic heterocycles. The summed E-state index contributed by atoms with van der Waals surface area (Å²) in [6.07, 6.45) is 1.84. The third kappa shape index (κ3) is 4.94. The molecule has 3 nitrogen and oxygen atoms in total. The van der Waals surface area contributed by atoms with Gasteiger partial charge >= 0.3 is 0 Å². The molecule has 0 bridgehead atoms. The van der Waals surface area contributed by atoms with Gasteiger partial charge in [0.25, 0.3) is 0 Å². The van der Waals surface area contributed by atoms with Gasteiger partial charge in [0.2, 0.25) is 0 Å². The summed E-state index contributed by atoms with van der Waals surface area (Å²) in [7, 11) is 2.08. The molecule has 0 aliphatic rings.